The van der Waals surface area contributed by atoms with Crippen molar-refractivity contribution in [3.8, 4) is 0 Å². The molecular weight excluding hydrogens is 594 g/mol. The third-order valence-electron chi connectivity index (χ3n) is 7.76. The van der Waals surface area contributed by atoms with Crippen LogP contribution in [0, 0.1) is 0 Å². The van der Waals surface area contributed by atoms with Crippen molar-refractivity contribution in [2.75, 3.05) is 18.1 Å². The van der Waals surface area contributed by atoms with Crippen molar-refractivity contribution < 1.29 is 28.8 Å². The van der Waals surface area contributed by atoms with Gasteiger partial charge in [0.15, 0.2) is 5.60 Å². The number of halogens is 1. The van der Waals surface area contributed by atoms with E-state index in [1.807, 2.05) is 26.0 Å². The highest BCUT2D eigenvalue weighted by Gasteiger charge is 2.54. The molecule has 2 heterocycles. The molecule has 0 bridgehead atoms. The number of oxime groups is 1. The Balaban J connectivity index is 1.57. The fourth-order valence-electron chi connectivity index (χ4n) is 5.47. The molecule has 2 fully saturated rings. The lowest BCUT2D eigenvalue weighted by Gasteiger charge is -2.29. The quantitative estimate of drug-likeness (QED) is 0.211. The smallest absolute Gasteiger partial charge is 0.289 e. The lowest BCUT2D eigenvalue weighted by molar-refractivity contribution is -0.143. The molecule has 3 aliphatic rings. The van der Waals surface area contributed by atoms with Gasteiger partial charge in [-0.25, -0.2) is 0 Å². The van der Waals surface area contributed by atoms with Crippen LogP contribution >= 0.6 is 23.4 Å². The summed E-state index contributed by atoms with van der Waals surface area (Å²) >= 11 is 7.84. The fraction of sp³-hybridized carbons (Fsp3) is 0.600. The van der Waals surface area contributed by atoms with Crippen LogP contribution in [-0.2, 0) is 28.8 Å². The summed E-state index contributed by atoms with van der Waals surface area (Å²) in [6, 6.07) is 4.33. The number of carbonyl (C=O) groups excluding carboxylic acids is 5. The minimum Gasteiger partial charge on any atom is -0.387 e. The van der Waals surface area contributed by atoms with Crippen LogP contribution < -0.4 is 16.0 Å². The molecule has 1 saturated heterocycles. The van der Waals surface area contributed by atoms with Gasteiger partial charge >= 0.3 is 0 Å². The molecule has 1 aromatic rings. The van der Waals surface area contributed by atoms with Gasteiger partial charge in [-0.05, 0) is 49.3 Å². The maximum Gasteiger partial charge on any atom is 0.289 e. The van der Waals surface area contributed by atoms with E-state index in [1.165, 1.54) is 11.8 Å². The molecule has 1 unspecified atom stereocenters. The molecule has 11 nitrogen and oxygen atoms in total. The molecule has 2 aliphatic heterocycles. The minimum atomic E-state index is -1.03. The molecule has 1 aliphatic carbocycles. The van der Waals surface area contributed by atoms with Gasteiger partial charge in [-0.1, -0.05) is 49.2 Å². The van der Waals surface area contributed by atoms with Crippen LogP contribution in [0.2, 0.25) is 5.02 Å². The van der Waals surface area contributed by atoms with Crippen LogP contribution in [0.3, 0.4) is 0 Å². The van der Waals surface area contributed by atoms with E-state index in [9.17, 15) is 24.0 Å². The standard InChI is InChI=1S/C30H40ClN5O6S/c1-4-7-22(26(38)28(40)33-21-10-11-21)34-27(39)25-16-30(15-24(35-42-30)19-8-6-9-20(31)14-19)17-36(25)29(41)23(32-18(3)37)12-13-43-5-2/h6,8-9,14,21-23,25H,4-5,7,10-13,15-17H2,1-3H3,(H,32,37)(H,33,40)(H,34,39)/t22-,23+,25-,30?/m0/s1. The van der Waals surface area contributed by atoms with Gasteiger partial charge in [0.1, 0.15) is 12.1 Å². The highest BCUT2D eigenvalue weighted by molar-refractivity contribution is 7.99. The number of nitrogens with zero attached hydrogens (tertiary/aromatic N) is 2. The maximum atomic E-state index is 14.0. The van der Waals surface area contributed by atoms with Crippen molar-refractivity contribution in [1.29, 1.82) is 0 Å². The van der Waals surface area contributed by atoms with Crippen LogP contribution in [0.1, 0.15) is 71.3 Å². The summed E-state index contributed by atoms with van der Waals surface area (Å²) in [5.74, 6) is -1.23. The summed E-state index contributed by atoms with van der Waals surface area (Å²) in [5, 5.41) is 13.1. The predicted molar refractivity (Wildman–Crippen MR) is 165 cm³/mol. The van der Waals surface area contributed by atoms with Crippen molar-refractivity contribution >= 4 is 58.5 Å². The van der Waals surface area contributed by atoms with Crippen molar-refractivity contribution in [2.24, 2.45) is 5.16 Å². The van der Waals surface area contributed by atoms with Gasteiger partial charge in [0.05, 0.1) is 18.3 Å². The van der Waals surface area contributed by atoms with Crippen molar-refractivity contribution in [3.63, 3.8) is 0 Å². The second kappa shape index (κ2) is 14.6. The Kier molecular flexibility index (Phi) is 11.1. The van der Waals surface area contributed by atoms with E-state index < -0.39 is 47.2 Å². The number of rotatable bonds is 14. The first kappa shape index (κ1) is 32.8. The number of ketones is 1. The topological polar surface area (TPSA) is 146 Å². The molecule has 3 N–H and O–H groups in total. The van der Waals surface area contributed by atoms with Crippen molar-refractivity contribution in [3.05, 3.63) is 34.9 Å². The molecule has 0 aromatic heterocycles. The second-order valence-corrected chi connectivity index (χ2v) is 13.2. The van der Waals surface area contributed by atoms with Crippen LogP contribution in [0.4, 0.5) is 0 Å². The summed E-state index contributed by atoms with van der Waals surface area (Å²) in [7, 11) is 0. The van der Waals surface area contributed by atoms with E-state index >= 15 is 0 Å². The average Bonchev–Trinajstić information content (AvgIpc) is 3.56. The van der Waals surface area contributed by atoms with E-state index in [0.29, 0.717) is 35.7 Å². The van der Waals surface area contributed by atoms with Crippen molar-refractivity contribution in [1.82, 2.24) is 20.9 Å². The molecule has 4 atom stereocenters. The van der Waals surface area contributed by atoms with Gasteiger partial charge in [-0.3, -0.25) is 24.0 Å². The van der Waals surface area contributed by atoms with Crippen LogP contribution in [0.15, 0.2) is 29.4 Å². The highest BCUT2D eigenvalue weighted by atomic mass is 35.5. The summed E-state index contributed by atoms with van der Waals surface area (Å²) in [6.07, 6.45) is 3.33. The predicted octanol–water partition coefficient (Wildman–Crippen LogP) is 2.58. The summed E-state index contributed by atoms with van der Waals surface area (Å²) < 4.78 is 0. The number of Topliss-reactive ketones (excluding diaryl/α,β-unsaturated/α-hetero) is 1. The summed E-state index contributed by atoms with van der Waals surface area (Å²) in [5.41, 5.74) is 0.435. The fourth-order valence-corrected chi connectivity index (χ4v) is 6.35. The average molecular weight is 634 g/mol. The number of nitrogens with one attached hydrogen (secondary N) is 3. The van der Waals surface area contributed by atoms with Crippen molar-refractivity contribution in [2.45, 2.75) is 95.5 Å². The molecule has 234 valence electrons. The summed E-state index contributed by atoms with van der Waals surface area (Å²) in [4.78, 5) is 72.8. The number of amides is 4. The molecule has 43 heavy (non-hydrogen) atoms. The number of likely N-dealkylation sites (tertiary alicyclic amines) is 1. The van der Waals surface area contributed by atoms with Crippen LogP contribution in [0.25, 0.3) is 0 Å². The molecule has 1 spiro atoms. The van der Waals surface area contributed by atoms with E-state index in [2.05, 4.69) is 21.1 Å². The first-order chi connectivity index (χ1) is 20.6. The molecule has 13 heteroatoms. The normalized spacial score (nSPS) is 22.4. The molecule has 1 saturated carbocycles. The number of benzene rings is 1. The first-order valence-electron chi connectivity index (χ1n) is 14.9. The van der Waals surface area contributed by atoms with Gasteiger partial charge in [0.2, 0.25) is 23.5 Å². The molecule has 1 aromatic carbocycles. The number of thioether (sulfide) groups is 1. The largest absolute Gasteiger partial charge is 0.387 e. The Morgan fingerprint density at radius 3 is 2.56 bits per heavy atom. The molecule has 4 amide bonds. The third kappa shape index (κ3) is 8.50. The van der Waals surface area contributed by atoms with E-state index in [0.717, 1.165) is 24.2 Å². The van der Waals surface area contributed by atoms with E-state index in [4.69, 9.17) is 16.4 Å². The zero-order valence-electron chi connectivity index (χ0n) is 24.8. The third-order valence-corrected chi connectivity index (χ3v) is 8.93. The molecule has 0 radical (unpaired) electrons. The van der Waals surface area contributed by atoms with Crippen LogP contribution in [-0.4, -0.2) is 87.8 Å². The Hall–Kier alpha value is -3.12. The zero-order chi connectivity index (χ0) is 31.1. The number of carbonyl (C=O) groups is 5. The number of hydrogen-bond acceptors (Lipinski definition) is 8. The second-order valence-electron chi connectivity index (χ2n) is 11.4. The lowest BCUT2D eigenvalue weighted by Crippen LogP contribution is -2.56. The lowest BCUT2D eigenvalue weighted by atomic mass is 9.91. The molecular formula is C30H40ClN5O6S. The van der Waals surface area contributed by atoms with Gasteiger partial charge in [-0.15, -0.1) is 0 Å². The monoisotopic (exact) mass is 633 g/mol. The van der Waals surface area contributed by atoms with E-state index in [1.54, 1.807) is 23.9 Å². The SMILES string of the molecule is CCC[C@H](NC(=O)[C@@H]1CC2(CC(c3cccc(Cl)c3)=NO2)CN1C(=O)[C@@H](CCSCC)NC(C)=O)C(=O)C(=O)NC1CC1. The minimum absolute atomic E-state index is 0.00187. The summed E-state index contributed by atoms with van der Waals surface area (Å²) in [6.45, 7) is 5.28. The first-order valence-corrected chi connectivity index (χ1v) is 16.4. The maximum absolute atomic E-state index is 14.0. The van der Waals surface area contributed by atoms with E-state index in [-0.39, 0.29) is 31.3 Å². The molecule has 4 rings (SSSR count). The van der Waals surface area contributed by atoms with Gasteiger partial charge in [0, 0.05) is 36.4 Å². The van der Waals surface area contributed by atoms with Gasteiger partial charge < -0.3 is 25.7 Å². The Bertz CT molecular complexity index is 1270. The van der Waals surface area contributed by atoms with Crippen LogP contribution in [0.5, 0.6) is 0 Å². The highest BCUT2D eigenvalue weighted by Crippen LogP contribution is 2.39. The van der Waals surface area contributed by atoms with Gasteiger partial charge in [0.25, 0.3) is 5.91 Å². The Labute approximate surface area is 261 Å². The van der Waals surface area contributed by atoms with Gasteiger partial charge in [-0.2, -0.15) is 11.8 Å². The Morgan fingerprint density at radius 2 is 1.91 bits per heavy atom. The zero-order valence-corrected chi connectivity index (χ0v) is 26.4. The Morgan fingerprint density at radius 1 is 1.14 bits per heavy atom. The number of hydrogen-bond donors (Lipinski definition) is 3.